The number of hydrogen-bond donors (Lipinski definition) is 2. The summed E-state index contributed by atoms with van der Waals surface area (Å²) >= 11 is 0. The van der Waals surface area contributed by atoms with Crippen LogP contribution in [0.25, 0.3) is 0 Å². The first-order valence-electron chi connectivity index (χ1n) is 7.19. The predicted octanol–water partition coefficient (Wildman–Crippen LogP) is 1.31. The summed E-state index contributed by atoms with van der Waals surface area (Å²) in [4.78, 5) is 36.1. The lowest BCUT2D eigenvalue weighted by Crippen LogP contribution is -2.52. The van der Waals surface area contributed by atoms with Crippen LogP contribution in [0.5, 0.6) is 0 Å². The van der Waals surface area contributed by atoms with Gasteiger partial charge in [-0.15, -0.1) is 0 Å². The summed E-state index contributed by atoms with van der Waals surface area (Å²) in [6.45, 7) is 1.84. The van der Waals surface area contributed by atoms with Crippen LogP contribution in [0, 0.1) is 12.8 Å². The summed E-state index contributed by atoms with van der Waals surface area (Å²) in [7, 11) is 0. The number of aliphatic carboxylic acids is 2. The van der Waals surface area contributed by atoms with Gasteiger partial charge in [0, 0.05) is 6.54 Å². The van der Waals surface area contributed by atoms with Crippen molar-refractivity contribution in [3.63, 3.8) is 0 Å². The first-order valence-corrected chi connectivity index (χ1v) is 7.19. The third kappa shape index (κ3) is 3.44. The largest absolute Gasteiger partial charge is 0.481 e. The van der Waals surface area contributed by atoms with E-state index >= 15 is 0 Å². The van der Waals surface area contributed by atoms with E-state index in [0.717, 1.165) is 11.1 Å². The Labute approximate surface area is 128 Å². The zero-order chi connectivity index (χ0) is 16.3. The number of hydrogen-bond acceptors (Lipinski definition) is 3. The Hall–Kier alpha value is -2.37. The molecule has 2 atom stereocenters. The molecule has 1 aromatic rings. The Morgan fingerprint density at radius 1 is 1.14 bits per heavy atom. The molecule has 0 radical (unpaired) electrons. The van der Waals surface area contributed by atoms with Crippen molar-refractivity contribution in [2.24, 2.45) is 5.92 Å². The number of carboxylic acid groups (broad SMARTS) is 2. The van der Waals surface area contributed by atoms with Crippen LogP contribution < -0.4 is 0 Å². The van der Waals surface area contributed by atoms with Gasteiger partial charge in [0.2, 0.25) is 5.91 Å². The number of rotatable bonds is 4. The zero-order valence-electron chi connectivity index (χ0n) is 12.4. The van der Waals surface area contributed by atoms with E-state index in [4.69, 9.17) is 5.11 Å². The van der Waals surface area contributed by atoms with Gasteiger partial charge >= 0.3 is 11.9 Å². The number of amides is 1. The molecule has 0 aromatic heterocycles. The predicted molar refractivity (Wildman–Crippen MR) is 78.4 cm³/mol. The van der Waals surface area contributed by atoms with E-state index in [1.807, 2.05) is 31.2 Å². The molecule has 2 N–H and O–H groups in total. The maximum Gasteiger partial charge on any atom is 0.326 e. The van der Waals surface area contributed by atoms with E-state index in [1.54, 1.807) is 0 Å². The fraction of sp³-hybridized carbons (Fsp3) is 0.438. The molecule has 22 heavy (non-hydrogen) atoms. The highest BCUT2D eigenvalue weighted by molar-refractivity contribution is 5.86. The Bertz CT molecular complexity index is 598. The van der Waals surface area contributed by atoms with Gasteiger partial charge in [-0.05, 0) is 30.9 Å². The van der Waals surface area contributed by atoms with E-state index < -0.39 is 23.9 Å². The molecule has 6 nitrogen and oxygen atoms in total. The molecule has 118 valence electrons. The molecule has 1 saturated heterocycles. The molecule has 0 saturated carbocycles. The molecule has 0 spiro atoms. The number of piperidine rings is 1. The fourth-order valence-corrected chi connectivity index (χ4v) is 2.78. The SMILES string of the molecule is Cc1ccccc1CC(=O)N1CC(C(=O)O)CCC1C(=O)O. The van der Waals surface area contributed by atoms with Crippen LogP contribution >= 0.6 is 0 Å². The molecule has 0 bridgehead atoms. The molecule has 1 fully saturated rings. The van der Waals surface area contributed by atoms with Crippen LogP contribution in [0.15, 0.2) is 24.3 Å². The van der Waals surface area contributed by atoms with Crippen molar-refractivity contribution in [3.05, 3.63) is 35.4 Å². The molecule has 0 aliphatic carbocycles. The highest BCUT2D eigenvalue weighted by Gasteiger charge is 2.38. The Kier molecular flexibility index (Phi) is 4.80. The molecular formula is C16H19NO5. The molecule has 2 rings (SSSR count). The van der Waals surface area contributed by atoms with Gasteiger partial charge < -0.3 is 15.1 Å². The first kappa shape index (κ1) is 16.0. The van der Waals surface area contributed by atoms with Gasteiger partial charge in [-0.3, -0.25) is 9.59 Å². The second kappa shape index (κ2) is 6.60. The molecule has 1 heterocycles. The monoisotopic (exact) mass is 305 g/mol. The second-order valence-electron chi connectivity index (χ2n) is 5.62. The third-order valence-electron chi connectivity index (χ3n) is 4.14. The molecule has 1 amide bonds. The highest BCUT2D eigenvalue weighted by Crippen LogP contribution is 2.24. The van der Waals surface area contributed by atoms with Crippen molar-refractivity contribution < 1.29 is 24.6 Å². The number of benzene rings is 1. The number of aryl methyl sites for hydroxylation is 1. The summed E-state index contributed by atoms with van der Waals surface area (Å²) in [6.07, 6.45) is 0.537. The summed E-state index contributed by atoms with van der Waals surface area (Å²) < 4.78 is 0. The fourth-order valence-electron chi connectivity index (χ4n) is 2.78. The van der Waals surface area contributed by atoms with Gasteiger partial charge in [0.15, 0.2) is 0 Å². The third-order valence-corrected chi connectivity index (χ3v) is 4.14. The van der Waals surface area contributed by atoms with Gasteiger partial charge in [-0.1, -0.05) is 24.3 Å². The zero-order valence-corrected chi connectivity index (χ0v) is 12.4. The van der Waals surface area contributed by atoms with Crippen LogP contribution in [-0.2, 0) is 20.8 Å². The normalized spacial score (nSPS) is 21.4. The lowest BCUT2D eigenvalue weighted by Gasteiger charge is -2.36. The summed E-state index contributed by atoms with van der Waals surface area (Å²) in [5.74, 6) is -3.11. The average Bonchev–Trinajstić information content (AvgIpc) is 2.48. The molecular weight excluding hydrogens is 286 g/mol. The average molecular weight is 305 g/mol. The van der Waals surface area contributed by atoms with Gasteiger partial charge in [0.25, 0.3) is 0 Å². The molecule has 1 aliphatic rings. The summed E-state index contributed by atoms with van der Waals surface area (Å²) in [5.41, 5.74) is 1.78. The first-order chi connectivity index (χ1) is 10.4. The van der Waals surface area contributed by atoms with Crippen LogP contribution in [-0.4, -0.2) is 45.5 Å². The van der Waals surface area contributed by atoms with E-state index in [-0.39, 0.29) is 31.7 Å². The minimum absolute atomic E-state index is 0.0446. The quantitative estimate of drug-likeness (QED) is 0.874. The van der Waals surface area contributed by atoms with Gasteiger partial charge in [0.1, 0.15) is 6.04 Å². The molecule has 2 unspecified atom stereocenters. The maximum absolute atomic E-state index is 12.5. The van der Waals surface area contributed by atoms with Crippen LogP contribution in [0.4, 0.5) is 0 Å². The van der Waals surface area contributed by atoms with Crippen molar-refractivity contribution in [1.82, 2.24) is 4.90 Å². The van der Waals surface area contributed by atoms with E-state index in [0.29, 0.717) is 0 Å². The van der Waals surface area contributed by atoms with E-state index in [9.17, 15) is 19.5 Å². The Morgan fingerprint density at radius 3 is 2.41 bits per heavy atom. The van der Waals surface area contributed by atoms with Crippen molar-refractivity contribution in [2.45, 2.75) is 32.2 Å². The summed E-state index contributed by atoms with van der Waals surface area (Å²) in [6, 6.07) is 6.45. The number of likely N-dealkylation sites (tertiary alicyclic amines) is 1. The van der Waals surface area contributed by atoms with Crippen molar-refractivity contribution in [3.8, 4) is 0 Å². The van der Waals surface area contributed by atoms with Crippen molar-refractivity contribution in [1.29, 1.82) is 0 Å². The molecule has 1 aliphatic heterocycles. The minimum atomic E-state index is -1.08. The molecule has 1 aromatic carbocycles. The lowest BCUT2D eigenvalue weighted by molar-refractivity contribution is -0.157. The number of carboxylic acids is 2. The van der Waals surface area contributed by atoms with Crippen LogP contribution in [0.3, 0.4) is 0 Å². The Morgan fingerprint density at radius 2 is 1.82 bits per heavy atom. The van der Waals surface area contributed by atoms with Crippen molar-refractivity contribution in [2.75, 3.05) is 6.54 Å². The van der Waals surface area contributed by atoms with Crippen LogP contribution in [0.1, 0.15) is 24.0 Å². The maximum atomic E-state index is 12.5. The van der Waals surface area contributed by atoms with E-state index in [1.165, 1.54) is 4.90 Å². The highest BCUT2D eigenvalue weighted by atomic mass is 16.4. The molecule has 6 heteroatoms. The standard InChI is InChI=1S/C16H19NO5/c1-10-4-2-3-5-11(10)8-14(18)17-9-12(15(19)20)6-7-13(17)16(21)22/h2-5,12-13H,6-9H2,1H3,(H,19,20)(H,21,22). The Balaban J connectivity index is 2.17. The minimum Gasteiger partial charge on any atom is -0.481 e. The summed E-state index contributed by atoms with van der Waals surface area (Å²) in [5, 5.41) is 18.4. The number of carbonyl (C=O) groups excluding carboxylic acids is 1. The van der Waals surface area contributed by atoms with Gasteiger partial charge in [-0.25, -0.2) is 4.79 Å². The second-order valence-corrected chi connectivity index (χ2v) is 5.62. The lowest BCUT2D eigenvalue weighted by atomic mass is 9.92. The smallest absolute Gasteiger partial charge is 0.326 e. The van der Waals surface area contributed by atoms with Gasteiger partial charge in [-0.2, -0.15) is 0 Å². The van der Waals surface area contributed by atoms with Crippen molar-refractivity contribution >= 4 is 17.8 Å². The number of carbonyl (C=O) groups is 3. The van der Waals surface area contributed by atoms with Crippen LogP contribution in [0.2, 0.25) is 0 Å². The van der Waals surface area contributed by atoms with Gasteiger partial charge in [0.05, 0.1) is 12.3 Å². The topological polar surface area (TPSA) is 94.9 Å². The van der Waals surface area contributed by atoms with E-state index in [2.05, 4.69) is 0 Å². The number of nitrogens with zero attached hydrogens (tertiary/aromatic N) is 1.